The lowest BCUT2D eigenvalue weighted by molar-refractivity contribution is 0.341. The van der Waals surface area contributed by atoms with Crippen molar-refractivity contribution in [1.82, 2.24) is 19.6 Å². The Labute approximate surface area is 104 Å². The van der Waals surface area contributed by atoms with Crippen LogP contribution in [0.25, 0.3) is 17.0 Å². The van der Waals surface area contributed by atoms with E-state index in [0.717, 1.165) is 17.0 Å². The van der Waals surface area contributed by atoms with Gasteiger partial charge < -0.3 is 4.74 Å². The fourth-order valence-corrected chi connectivity index (χ4v) is 1.90. The molecular weight excluding hydrogens is 228 g/mol. The van der Waals surface area contributed by atoms with Crippen molar-refractivity contribution in [1.29, 1.82) is 0 Å². The Kier molecular flexibility index (Phi) is 2.64. The SMILES string of the molecule is CCOc1ccccc1-c1ccnc2ncnn12. The van der Waals surface area contributed by atoms with Crippen LogP contribution in [0, 0.1) is 0 Å². The van der Waals surface area contributed by atoms with Gasteiger partial charge >= 0.3 is 0 Å². The summed E-state index contributed by atoms with van der Waals surface area (Å²) < 4.78 is 7.34. The molecule has 0 saturated carbocycles. The van der Waals surface area contributed by atoms with Crippen molar-refractivity contribution in [3.8, 4) is 17.0 Å². The zero-order chi connectivity index (χ0) is 12.4. The molecule has 3 aromatic rings. The lowest BCUT2D eigenvalue weighted by atomic mass is 10.1. The van der Waals surface area contributed by atoms with Crippen molar-refractivity contribution >= 4 is 5.78 Å². The van der Waals surface area contributed by atoms with Crippen LogP contribution in [-0.2, 0) is 0 Å². The lowest BCUT2D eigenvalue weighted by Crippen LogP contribution is -1.99. The van der Waals surface area contributed by atoms with E-state index in [1.54, 1.807) is 10.7 Å². The highest BCUT2D eigenvalue weighted by molar-refractivity contribution is 5.68. The van der Waals surface area contributed by atoms with Crippen molar-refractivity contribution in [3.05, 3.63) is 42.9 Å². The predicted octanol–water partition coefficient (Wildman–Crippen LogP) is 2.19. The lowest BCUT2D eigenvalue weighted by Gasteiger charge is -2.10. The van der Waals surface area contributed by atoms with Gasteiger partial charge in [0.05, 0.1) is 12.3 Å². The van der Waals surface area contributed by atoms with E-state index in [0.29, 0.717) is 12.4 Å². The van der Waals surface area contributed by atoms with E-state index in [4.69, 9.17) is 4.74 Å². The van der Waals surface area contributed by atoms with Gasteiger partial charge in [0.25, 0.3) is 5.78 Å². The number of ether oxygens (including phenoxy) is 1. The molecule has 90 valence electrons. The van der Waals surface area contributed by atoms with E-state index in [1.807, 2.05) is 37.3 Å². The minimum absolute atomic E-state index is 0.582. The molecule has 0 bridgehead atoms. The summed E-state index contributed by atoms with van der Waals surface area (Å²) in [5, 5.41) is 4.18. The van der Waals surface area contributed by atoms with Gasteiger partial charge in [-0.05, 0) is 25.1 Å². The second-order valence-electron chi connectivity index (χ2n) is 3.73. The highest BCUT2D eigenvalue weighted by Crippen LogP contribution is 2.29. The summed E-state index contributed by atoms with van der Waals surface area (Å²) in [7, 11) is 0. The first-order valence-corrected chi connectivity index (χ1v) is 5.77. The third-order valence-corrected chi connectivity index (χ3v) is 2.64. The summed E-state index contributed by atoms with van der Waals surface area (Å²) >= 11 is 0. The molecule has 0 amide bonds. The van der Waals surface area contributed by atoms with Crippen LogP contribution in [0.5, 0.6) is 5.75 Å². The van der Waals surface area contributed by atoms with E-state index in [1.165, 1.54) is 6.33 Å². The van der Waals surface area contributed by atoms with Gasteiger partial charge in [-0.2, -0.15) is 14.6 Å². The standard InChI is InChI=1S/C13H12N4O/c1-2-18-12-6-4-3-5-10(12)11-7-8-14-13-15-9-16-17(11)13/h3-9H,2H2,1H3. The summed E-state index contributed by atoms with van der Waals surface area (Å²) in [5.74, 6) is 1.42. The molecule has 0 spiro atoms. The second-order valence-corrected chi connectivity index (χ2v) is 3.73. The summed E-state index contributed by atoms with van der Waals surface area (Å²) in [5.41, 5.74) is 1.90. The molecule has 0 aliphatic rings. The van der Waals surface area contributed by atoms with E-state index in [2.05, 4.69) is 15.1 Å². The number of hydrogen-bond acceptors (Lipinski definition) is 4. The number of hydrogen-bond donors (Lipinski definition) is 0. The van der Waals surface area contributed by atoms with E-state index < -0.39 is 0 Å². The molecule has 1 aromatic carbocycles. The Morgan fingerprint density at radius 2 is 2.06 bits per heavy atom. The Hall–Kier alpha value is -2.43. The molecule has 0 aliphatic heterocycles. The van der Waals surface area contributed by atoms with Crippen LogP contribution >= 0.6 is 0 Å². The van der Waals surface area contributed by atoms with Crippen LogP contribution < -0.4 is 4.74 Å². The number of para-hydroxylation sites is 1. The number of fused-ring (bicyclic) bond motifs is 1. The van der Waals surface area contributed by atoms with Gasteiger partial charge in [-0.15, -0.1) is 0 Å². The first kappa shape index (κ1) is 10.7. The highest BCUT2D eigenvalue weighted by Gasteiger charge is 2.10. The molecule has 0 atom stereocenters. The summed E-state index contributed by atoms with van der Waals surface area (Å²) in [6.07, 6.45) is 3.22. The van der Waals surface area contributed by atoms with Crippen LogP contribution in [0.15, 0.2) is 42.9 Å². The molecule has 18 heavy (non-hydrogen) atoms. The van der Waals surface area contributed by atoms with Crippen LogP contribution in [0.1, 0.15) is 6.92 Å². The molecule has 5 nitrogen and oxygen atoms in total. The van der Waals surface area contributed by atoms with Crippen molar-refractivity contribution in [2.24, 2.45) is 0 Å². The monoisotopic (exact) mass is 240 g/mol. The van der Waals surface area contributed by atoms with Crippen molar-refractivity contribution in [3.63, 3.8) is 0 Å². The average Bonchev–Trinajstić information content (AvgIpc) is 2.88. The molecule has 0 unspecified atom stereocenters. The number of nitrogens with zero attached hydrogens (tertiary/aromatic N) is 4. The molecule has 0 fully saturated rings. The second kappa shape index (κ2) is 4.44. The molecule has 0 radical (unpaired) electrons. The minimum Gasteiger partial charge on any atom is -0.493 e. The molecule has 5 heteroatoms. The fraction of sp³-hybridized carbons (Fsp3) is 0.154. The third kappa shape index (κ3) is 1.69. The molecule has 2 heterocycles. The minimum atomic E-state index is 0.582. The summed E-state index contributed by atoms with van der Waals surface area (Å²) in [6.45, 7) is 2.59. The van der Waals surface area contributed by atoms with Gasteiger partial charge in [0.1, 0.15) is 12.1 Å². The van der Waals surface area contributed by atoms with Gasteiger partial charge in [0.15, 0.2) is 0 Å². The molecule has 2 aromatic heterocycles. The Balaban J connectivity index is 2.23. The maximum Gasteiger partial charge on any atom is 0.252 e. The molecule has 0 aliphatic carbocycles. The van der Waals surface area contributed by atoms with Gasteiger partial charge in [-0.1, -0.05) is 12.1 Å². The average molecular weight is 240 g/mol. The van der Waals surface area contributed by atoms with E-state index in [9.17, 15) is 0 Å². The van der Waals surface area contributed by atoms with Gasteiger partial charge in [-0.3, -0.25) is 0 Å². The Morgan fingerprint density at radius 3 is 2.94 bits per heavy atom. The first-order chi connectivity index (χ1) is 8.90. The van der Waals surface area contributed by atoms with Crippen LogP contribution in [-0.4, -0.2) is 26.2 Å². The van der Waals surface area contributed by atoms with E-state index >= 15 is 0 Å². The number of benzene rings is 1. The molecule has 0 N–H and O–H groups in total. The Morgan fingerprint density at radius 1 is 1.17 bits per heavy atom. The third-order valence-electron chi connectivity index (χ3n) is 2.64. The quantitative estimate of drug-likeness (QED) is 0.704. The van der Waals surface area contributed by atoms with Crippen LogP contribution in [0.2, 0.25) is 0 Å². The largest absolute Gasteiger partial charge is 0.493 e. The molecule has 0 saturated heterocycles. The van der Waals surface area contributed by atoms with Crippen molar-refractivity contribution < 1.29 is 4.74 Å². The van der Waals surface area contributed by atoms with Crippen molar-refractivity contribution in [2.75, 3.05) is 6.61 Å². The number of rotatable bonds is 3. The zero-order valence-corrected chi connectivity index (χ0v) is 9.95. The van der Waals surface area contributed by atoms with E-state index in [-0.39, 0.29) is 0 Å². The van der Waals surface area contributed by atoms with Crippen molar-refractivity contribution in [2.45, 2.75) is 6.92 Å². The van der Waals surface area contributed by atoms with Gasteiger partial charge in [0.2, 0.25) is 0 Å². The Bertz CT molecular complexity index is 677. The summed E-state index contributed by atoms with van der Waals surface area (Å²) in [6, 6.07) is 9.78. The smallest absolute Gasteiger partial charge is 0.252 e. The first-order valence-electron chi connectivity index (χ1n) is 5.77. The predicted molar refractivity (Wildman–Crippen MR) is 67.4 cm³/mol. The topological polar surface area (TPSA) is 52.3 Å². The summed E-state index contributed by atoms with van der Waals surface area (Å²) in [4.78, 5) is 8.23. The maximum atomic E-state index is 5.63. The highest BCUT2D eigenvalue weighted by atomic mass is 16.5. The zero-order valence-electron chi connectivity index (χ0n) is 9.95. The molecular formula is C13H12N4O. The maximum absolute atomic E-state index is 5.63. The van der Waals surface area contributed by atoms with Crippen LogP contribution in [0.4, 0.5) is 0 Å². The fourth-order valence-electron chi connectivity index (χ4n) is 1.90. The van der Waals surface area contributed by atoms with Gasteiger partial charge in [-0.25, -0.2) is 4.98 Å². The number of aromatic nitrogens is 4. The van der Waals surface area contributed by atoms with Gasteiger partial charge in [0, 0.05) is 11.8 Å². The normalized spacial score (nSPS) is 10.7. The molecule has 3 rings (SSSR count). The van der Waals surface area contributed by atoms with Crippen LogP contribution in [0.3, 0.4) is 0 Å².